The van der Waals surface area contributed by atoms with Crippen molar-refractivity contribution in [2.24, 2.45) is 11.7 Å². The molecule has 184 valence electrons. The first-order valence-corrected chi connectivity index (χ1v) is 12.7. The van der Waals surface area contributed by atoms with Crippen LogP contribution < -0.4 is 16.2 Å². The smallest absolute Gasteiger partial charge is 0.163 e. The van der Waals surface area contributed by atoms with Crippen molar-refractivity contribution in [1.29, 1.82) is 0 Å². The standard InChI is InChI=1S/C27H35N7O/c1-2-35-23-7-6-20-16-22(5-4-21(20)17-23)25-24-26(29)30-18-31-27(24)34(32-25)15-10-19-8-13-33(14-9-19)12-3-11-28/h4-7,16-19H,2-3,8-15,28H2,1H3,(H2,29,30,31). The summed E-state index contributed by atoms with van der Waals surface area (Å²) >= 11 is 0. The molecule has 8 heteroatoms. The number of nitrogens with zero attached hydrogens (tertiary/aromatic N) is 5. The van der Waals surface area contributed by atoms with Gasteiger partial charge in [0.25, 0.3) is 0 Å². The molecule has 0 amide bonds. The number of nitrogens with two attached hydrogens (primary N) is 2. The van der Waals surface area contributed by atoms with Crippen molar-refractivity contribution in [1.82, 2.24) is 24.6 Å². The largest absolute Gasteiger partial charge is 0.494 e. The average molecular weight is 474 g/mol. The summed E-state index contributed by atoms with van der Waals surface area (Å²) in [5.74, 6) is 2.05. The molecule has 0 radical (unpaired) electrons. The third-order valence-corrected chi connectivity index (χ3v) is 7.09. The van der Waals surface area contributed by atoms with Crippen molar-refractivity contribution in [3.8, 4) is 17.0 Å². The minimum absolute atomic E-state index is 0.469. The predicted molar refractivity (Wildman–Crippen MR) is 141 cm³/mol. The van der Waals surface area contributed by atoms with E-state index in [1.165, 1.54) is 19.2 Å². The molecule has 8 nitrogen and oxygen atoms in total. The number of ether oxygens (including phenoxy) is 1. The van der Waals surface area contributed by atoms with Gasteiger partial charge in [0.05, 0.1) is 12.0 Å². The Morgan fingerprint density at radius 3 is 2.63 bits per heavy atom. The number of benzene rings is 2. The van der Waals surface area contributed by atoms with Crippen molar-refractivity contribution in [3.05, 3.63) is 42.7 Å². The van der Waals surface area contributed by atoms with Gasteiger partial charge >= 0.3 is 0 Å². The summed E-state index contributed by atoms with van der Waals surface area (Å²) in [5, 5.41) is 8.09. The molecule has 0 aliphatic carbocycles. The maximum atomic E-state index is 6.33. The predicted octanol–water partition coefficient (Wildman–Crippen LogP) is 4.08. The molecule has 1 aliphatic rings. The Morgan fingerprint density at radius 2 is 1.83 bits per heavy atom. The van der Waals surface area contributed by atoms with Crippen LogP contribution in [0, 0.1) is 5.92 Å². The zero-order valence-electron chi connectivity index (χ0n) is 20.5. The lowest BCUT2D eigenvalue weighted by Crippen LogP contribution is -2.35. The first kappa shape index (κ1) is 23.5. The summed E-state index contributed by atoms with van der Waals surface area (Å²) < 4.78 is 7.67. The topological polar surface area (TPSA) is 108 Å². The number of hydrogen-bond donors (Lipinski definition) is 2. The highest BCUT2D eigenvalue weighted by Gasteiger charge is 2.21. The lowest BCUT2D eigenvalue weighted by atomic mass is 9.93. The SMILES string of the molecule is CCOc1ccc2cc(-c3nn(CCC4CCN(CCCN)CC4)c4ncnc(N)c34)ccc2c1. The van der Waals surface area contributed by atoms with Crippen molar-refractivity contribution in [2.45, 2.75) is 39.2 Å². The van der Waals surface area contributed by atoms with E-state index in [0.717, 1.165) is 84.4 Å². The molecule has 0 saturated carbocycles. The normalized spacial score (nSPS) is 15.3. The highest BCUT2D eigenvalue weighted by Crippen LogP contribution is 2.33. The summed E-state index contributed by atoms with van der Waals surface area (Å²) in [7, 11) is 0. The number of anilines is 1. The first-order valence-electron chi connectivity index (χ1n) is 12.7. The Balaban J connectivity index is 1.38. The zero-order chi connectivity index (χ0) is 24.2. The van der Waals surface area contributed by atoms with Crippen molar-refractivity contribution < 1.29 is 4.74 Å². The van der Waals surface area contributed by atoms with E-state index in [9.17, 15) is 0 Å². The Bertz CT molecular complexity index is 1290. The van der Waals surface area contributed by atoms with Crippen LogP contribution in [-0.2, 0) is 6.54 Å². The molecule has 1 fully saturated rings. The van der Waals surface area contributed by atoms with E-state index < -0.39 is 0 Å². The minimum Gasteiger partial charge on any atom is -0.494 e. The van der Waals surface area contributed by atoms with Crippen LogP contribution in [0.15, 0.2) is 42.7 Å². The van der Waals surface area contributed by atoms with Gasteiger partial charge < -0.3 is 21.1 Å². The van der Waals surface area contributed by atoms with Crippen molar-refractivity contribution in [3.63, 3.8) is 0 Å². The molecular weight excluding hydrogens is 438 g/mol. The van der Waals surface area contributed by atoms with Gasteiger partial charge in [-0.2, -0.15) is 5.10 Å². The van der Waals surface area contributed by atoms with E-state index in [1.807, 2.05) is 17.7 Å². The number of likely N-dealkylation sites (tertiary alicyclic amines) is 1. The molecule has 5 rings (SSSR count). The Labute approximate surface area is 206 Å². The summed E-state index contributed by atoms with van der Waals surface area (Å²) in [6, 6.07) is 12.5. The maximum Gasteiger partial charge on any atom is 0.163 e. The molecule has 0 unspecified atom stereocenters. The molecule has 0 spiro atoms. The lowest BCUT2D eigenvalue weighted by Gasteiger charge is -2.31. The van der Waals surface area contributed by atoms with Gasteiger partial charge in [-0.3, -0.25) is 0 Å². The number of rotatable bonds is 9. The summed E-state index contributed by atoms with van der Waals surface area (Å²) in [6.45, 7) is 7.68. The fourth-order valence-electron chi connectivity index (χ4n) is 5.13. The second-order valence-corrected chi connectivity index (χ2v) is 9.40. The Hall–Kier alpha value is -3.23. The molecular formula is C27H35N7O. The summed E-state index contributed by atoms with van der Waals surface area (Å²) in [4.78, 5) is 11.4. The highest BCUT2D eigenvalue weighted by atomic mass is 16.5. The monoisotopic (exact) mass is 473 g/mol. The van der Waals surface area contributed by atoms with Gasteiger partial charge in [0, 0.05) is 12.1 Å². The van der Waals surface area contributed by atoms with Crippen LogP contribution in [0.3, 0.4) is 0 Å². The van der Waals surface area contributed by atoms with Gasteiger partial charge in [0.2, 0.25) is 0 Å². The number of piperidine rings is 1. The summed E-state index contributed by atoms with van der Waals surface area (Å²) in [6.07, 6.45) is 6.15. The van der Waals surface area contributed by atoms with E-state index in [-0.39, 0.29) is 0 Å². The second-order valence-electron chi connectivity index (χ2n) is 9.40. The molecule has 1 saturated heterocycles. The molecule has 4 N–H and O–H groups in total. The van der Waals surface area contributed by atoms with Crippen LogP contribution in [0.4, 0.5) is 5.82 Å². The van der Waals surface area contributed by atoms with E-state index in [4.69, 9.17) is 21.3 Å². The van der Waals surface area contributed by atoms with E-state index >= 15 is 0 Å². The maximum absolute atomic E-state index is 6.33. The Morgan fingerprint density at radius 1 is 1.03 bits per heavy atom. The average Bonchev–Trinajstić information content (AvgIpc) is 3.27. The van der Waals surface area contributed by atoms with Crippen LogP contribution >= 0.6 is 0 Å². The molecule has 2 aromatic heterocycles. The number of aromatic nitrogens is 4. The van der Waals surface area contributed by atoms with Crippen LogP contribution in [0.25, 0.3) is 33.1 Å². The number of fused-ring (bicyclic) bond motifs is 2. The van der Waals surface area contributed by atoms with Gasteiger partial charge in [-0.25, -0.2) is 14.6 Å². The summed E-state index contributed by atoms with van der Waals surface area (Å²) in [5.41, 5.74) is 14.7. The van der Waals surface area contributed by atoms with Gasteiger partial charge in [-0.05, 0) is 93.7 Å². The van der Waals surface area contributed by atoms with E-state index in [0.29, 0.717) is 18.3 Å². The molecule has 3 heterocycles. The highest BCUT2D eigenvalue weighted by molar-refractivity contribution is 6.00. The molecule has 35 heavy (non-hydrogen) atoms. The number of nitrogen functional groups attached to an aromatic ring is 1. The van der Waals surface area contributed by atoms with Crippen LogP contribution in [0.1, 0.15) is 32.6 Å². The van der Waals surface area contributed by atoms with Gasteiger partial charge in [0.15, 0.2) is 5.65 Å². The molecule has 2 aromatic carbocycles. The third-order valence-electron chi connectivity index (χ3n) is 7.09. The number of aryl methyl sites for hydroxylation is 1. The van der Waals surface area contributed by atoms with Gasteiger partial charge in [-0.1, -0.05) is 18.2 Å². The van der Waals surface area contributed by atoms with Crippen LogP contribution in [-0.4, -0.2) is 57.4 Å². The molecule has 0 bridgehead atoms. The zero-order valence-corrected chi connectivity index (χ0v) is 20.5. The van der Waals surface area contributed by atoms with Crippen LogP contribution in [0.5, 0.6) is 5.75 Å². The Kier molecular flexibility index (Phi) is 7.11. The van der Waals surface area contributed by atoms with E-state index in [2.05, 4.69) is 45.2 Å². The molecule has 1 aliphatic heterocycles. The number of hydrogen-bond acceptors (Lipinski definition) is 7. The minimum atomic E-state index is 0.469. The second kappa shape index (κ2) is 10.6. The molecule has 4 aromatic rings. The van der Waals surface area contributed by atoms with Crippen LogP contribution in [0.2, 0.25) is 0 Å². The van der Waals surface area contributed by atoms with Gasteiger partial charge in [0.1, 0.15) is 23.6 Å². The van der Waals surface area contributed by atoms with E-state index in [1.54, 1.807) is 0 Å². The lowest BCUT2D eigenvalue weighted by molar-refractivity contribution is 0.174. The van der Waals surface area contributed by atoms with Gasteiger partial charge in [-0.15, -0.1) is 0 Å². The van der Waals surface area contributed by atoms with Crippen molar-refractivity contribution >= 4 is 27.6 Å². The fourth-order valence-corrected chi connectivity index (χ4v) is 5.13. The fraction of sp³-hybridized carbons (Fsp3) is 0.444. The third kappa shape index (κ3) is 5.09. The molecule has 0 atom stereocenters. The van der Waals surface area contributed by atoms with Crippen molar-refractivity contribution in [2.75, 3.05) is 38.5 Å². The quantitative estimate of drug-likeness (QED) is 0.377. The first-order chi connectivity index (χ1) is 17.2.